The second-order valence-corrected chi connectivity index (χ2v) is 6.22. The van der Waals surface area contributed by atoms with E-state index in [2.05, 4.69) is 11.4 Å². The third-order valence-corrected chi connectivity index (χ3v) is 4.43. The van der Waals surface area contributed by atoms with Gasteiger partial charge in [-0.2, -0.15) is 0 Å². The molecule has 1 unspecified atom stereocenters. The van der Waals surface area contributed by atoms with Gasteiger partial charge in [-0.25, -0.2) is 8.78 Å². The van der Waals surface area contributed by atoms with Gasteiger partial charge in [0, 0.05) is 18.3 Å². The Kier molecular flexibility index (Phi) is 4.51. The summed E-state index contributed by atoms with van der Waals surface area (Å²) in [7, 11) is 0. The molecule has 1 N–H and O–H groups in total. The molecule has 1 aliphatic heterocycles. The van der Waals surface area contributed by atoms with Crippen molar-refractivity contribution in [2.24, 2.45) is 0 Å². The Balaban J connectivity index is 1.79. The molecule has 3 nitrogen and oxygen atoms in total. The van der Waals surface area contributed by atoms with E-state index in [4.69, 9.17) is 0 Å². The van der Waals surface area contributed by atoms with E-state index in [1.165, 1.54) is 17.2 Å². The van der Waals surface area contributed by atoms with Crippen molar-refractivity contribution in [3.05, 3.63) is 59.2 Å². The fraction of sp³-hybridized carbons (Fsp3) is 0.316. The normalized spacial score (nSPS) is 14.9. The highest BCUT2D eigenvalue weighted by Gasteiger charge is 2.26. The van der Waals surface area contributed by atoms with Gasteiger partial charge in [-0.1, -0.05) is 17.7 Å². The van der Waals surface area contributed by atoms with Crippen molar-refractivity contribution < 1.29 is 13.6 Å². The van der Waals surface area contributed by atoms with Gasteiger partial charge in [0.25, 0.3) is 0 Å². The number of carbonyl (C=O) groups excluding carboxylic acids is 1. The maximum atomic E-state index is 13.7. The molecule has 2 aromatic carbocycles. The first-order valence-corrected chi connectivity index (χ1v) is 8.08. The summed E-state index contributed by atoms with van der Waals surface area (Å²) in [5, 5.41) is 2.55. The number of benzene rings is 2. The molecule has 0 radical (unpaired) electrons. The Morgan fingerprint density at radius 1 is 1.21 bits per heavy atom. The third-order valence-electron chi connectivity index (χ3n) is 4.43. The number of rotatable bonds is 3. The van der Waals surface area contributed by atoms with Gasteiger partial charge in [-0.3, -0.25) is 4.79 Å². The van der Waals surface area contributed by atoms with Crippen molar-refractivity contribution >= 4 is 17.3 Å². The fourth-order valence-electron chi connectivity index (χ4n) is 3.13. The number of carbonyl (C=O) groups is 1. The zero-order valence-corrected chi connectivity index (χ0v) is 13.8. The molecule has 1 heterocycles. The minimum Gasteiger partial charge on any atom is -0.360 e. The van der Waals surface area contributed by atoms with Gasteiger partial charge in [0.1, 0.15) is 17.7 Å². The lowest BCUT2D eigenvalue weighted by Gasteiger charge is -2.35. The molecule has 1 atom stereocenters. The molecule has 0 fully saturated rings. The van der Waals surface area contributed by atoms with Crippen molar-refractivity contribution in [3.63, 3.8) is 0 Å². The summed E-state index contributed by atoms with van der Waals surface area (Å²) in [6.45, 7) is 4.62. The van der Waals surface area contributed by atoms with E-state index in [0.29, 0.717) is 0 Å². The van der Waals surface area contributed by atoms with E-state index in [0.717, 1.165) is 37.2 Å². The number of halogens is 2. The third kappa shape index (κ3) is 3.25. The van der Waals surface area contributed by atoms with E-state index in [1.807, 2.05) is 24.0 Å². The van der Waals surface area contributed by atoms with Crippen molar-refractivity contribution in [1.29, 1.82) is 0 Å². The Labute approximate surface area is 140 Å². The molecule has 0 aliphatic carbocycles. The first-order valence-electron chi connectivity index (χ1n) is 8.08. The van der Waals surface area contributed by atoms with Crippen LogP contribution in [0.2, 0.25) is 0 Å². The Hall–Kier alpha value is -2.43. The number of hydrogen-bond acceptors (Lipinski definition) is 2. The van der Waals surface area contributed by atoms with Gasteiger partial charge in [0.05, 0.1) is 5.69 Å². The summed E-state index contributed by atoms with van der Waals surface area (Å²) in [6.07, 6.45) is 1.97. The highest BCUT2D eigenvalue weighted by molar-refractivity contribution is 5.97. The van der Waals surface area contributed by atoms with Crippen LogP contribution in [-0.4, -0.2) is 18.5 Å². The van der Waals surface area contributed by atoms with Crippen LogP contribution in [0.1, 0.15) is 24.5 Å². The van der Waals surface area contributed by atoms with Crippen LogP contribution >= 0.6 is 0 Å². The standard InChI is InChI=1S/C19H20F2N2O/c1-12-5-8-18-14(10-12)4-3-9-23(18)13(2)19(24)22-17-7-6-15(20)11-16(17)21/h5-8,10-11,13H,3-4,9H2,1-2H3,(H,22,24). The molecule has 0 saturated carbocycles. The lowest BCUT2D eigenvalue weighted by Crippen LogP contribution is -2.44. The van der Waals surface area contributed by atoms with E-state index >= 15 is 0 Å². The average Bonchev–Trinajstić information content (AvgIpc) is 2.55. The number of nitrogens with zero attached hydrogens (tertiary/aromatic N) is 1. The smallest absolute Gasteiger partial charge is 0.246 e. The minimum absolute atomic E-state index is 0.00520. The van der Waals surface area contributed by atoms with Gasteiger partial charge in [-0.15, -0.1) is 0 Å². The molecule has 1 aliphatic rings. The Morgan fingerprint density at radius 3 is 2.75 bits per heavy atom. The maximum Gasteiger partial charge on any atom is 0.246 e. The van der Waals surface area contributed by atoms with Crippen molar-refractivity contribution in [1.82, 2.24) is 0 Å². The second-order valence-electron chi connectivity index (χ2n) is 6.22. The first kappa shape index (κ1) is 16.4. The predicted molar refractivity (Wildman–Crippen MR) is 91.3 cm³/mol. The van der Waals surface area contributed by atoms with Crippen LogP contribution in [0.4, 0.5) is 20.2 Å². The van der Waals surface area contributed by atoms with Crippen LogP contribution in [0, 0.1) is 18.6 Å². The lowest BCUT2D eigenvalue weighted by atomic mass is 9.98. The van der Waals surface area contributed by atoms with Crippen LogP contribution in [-0.2, 0) is 11.2 Å². The number of fused-ring (bicyclic) bond motifs is 1. The SMILES string of the molecule is Cc1ccc2c(c1)CCCN2C(C)C(=O)Nc1ccc(F)cc1F. The molecule has 3 rings (SSSR count). The highest BCUT2D eigenvalue weighted by atomic mass is 19.1. The van der Waals surface area contributed by atoms with Crippen molar-refractivity contribution in [2.75, 3.05) is 16.8 Å². The van der Waals surface area contributed by atoms with E-state index in [9.17, 15) is 13.6 Å². The van der Waals surface area contributed by atoms with Gasteiger partial charge >= 0.3 is 0 Å². The topological polar surface area (TPSA) is 32.3 Å². The van der Waals surface area contributed by atoms with Crippen LogP contribution in [0.3, 0.4) is 0 Å². The molecule has 0 spiro atoms. The highest BCUT2D eigenvalue weighted by Crippen LogP contribution is 2.30. The number of aryl methyl sites for hydroxylation is 2. The van der Waals surface area contributed by atoms with E-state index < -0.39 is 17.7 Å². The number of nitrogens with one attached hydrogen (secondary N) is 1. The molecule has 1 amide bonds. The Bertz CT molecular complexity index is 776. The number of anilines is 2. The first-order chi connectivity index (χ1) is 11.5. The summed E-state index contributed by atoms with van der Waals surface area (Å²) in [6, 6.07) is 8.89. The largest absolute Gasteiger partial charge is 0.360 e. The zero-order chi connectivity index (χ0) is 17.3. The fourth-order valence-corrected chi connectivity index (χ4v) is 3.13. The monoisotopic (exact) mass is 330 g/mol. The minimum atomic E-state index is -0.773. The molecular formula is C19H20F2N2O. The molecule has 126 valence electrons. The summed E-state index contributed by atoms with van der Waals surface area (Å²) in [5.74, 6) is -1.75. The summed E-state index contributed by atoms with van der Waals surface area (Å²) >= 11 is 0. The molecular weight excluding hydrogens is 310 g/mol. The summed E-state index contributed by atoms with van der Waals surface area (Å²) < 4.78 is 26.7. The molecule has 24 heavy (non-hydrogen) atoms. The number of amides is 1. The van der Waals surface area contributed by atoms with Crippen LogP contribution in [0.5, 0.6) is 0 Å². The van der Waals surface area contributed by atoms with Gasteiger partial charge in [0.2, 0.25) is 5.91 Å². The summed E-state index contributed by atoms with van der Waals surface area (Å²) in [5.41, 5.74) is 3.47. The molecule has 0 aromatic heterocycles. The van der Waals surface area contributed by atoms with Gasteiger partial charge in [-0.05, 0) is 50.5 Å². The molecule has 0 saturated heterocycles. The van der Waals surface area contributed by atoms with Crippen LogP contribution in [0.25, 0.3) is 0 Å². The lowest BCUT2D eigenvalue weighted by molar-refractivity contribution is -0.117. The number of hydrogen-bond donors (Lipinski definition) is 1. The summed E-state index contributed by atoms with van der Waals surface area (Å²) in [4.78, 5) is 14.5. The molecule has 0 bridgehead atoms. The van der Waals surface area contributed by atoms with E-state index in [-0.39, 0.29) is 11.6 Å². The van der Waals surface area contributed by atoms with Gasteiger partial charge in [0.15, 0.2) is 0 Å². The van der Waals surface area contributed by atoms with Gasteiger partial charge < -0.3 is 10.2 Å². The van der Waals surface area contributed by atoms with Crippen LogP contribution < -0.4 is 10.2 Å². The van der Waals surface area contributed by atoms with Crippen molar-refractivity contribution in [2.45, 2.75) is 32.7 Å². The Morgan fingerprint density at radius 2 is 2.00 bits per heavy atom. The second kappa shape index (κ2) is 6.59. The van der Waals surface area contributed by atoms with E-state index in [1.54, 1.807) is 6.92 Å². The maximum absolute atomic E-state index is 13.7. The average molecular weight is 330 g/mol. The molecule has 5 heteroatoms. The molecule has 2 aromatic rings. The predicted octanol–water partition coefficient (Wildman–Crippen LogP) is 4.05. The zero-order valence-electron chi connectivity index (χ0n) is 13.8. The quantitative estimate of drug-likeness (QED) is 0.921. The van der Waals surface area contributed by atoms with Crippen molar-refractivity contribution in [3.8, 4) is 0 Å². The van der Waals surface area contributed by atoms with Crippen LogP contribution in [0.15, 0.2) is 36.4 Å².